The van der Waals surface area contributed by atoms with Gasteiger partial charge >= 0.3 is 0 Å². The molecule has 1 aromatic heterocycles. The van der Waals surface area contributed by atoms with E-state index in [2.05, 4.69) is 11.4 Å². The van der Waals surface area contributed by atoms with Gasteiger partial charge in [0.25, 0.3) is 0 Å². The molecule has 28 heavy (non-hydrogen) atoms. The van der Waals surface area contributed by atoms with Crippen LogP contribution in [-0.4, -0.2) is 40.7 Å². The maximum atomic E-state index is 13.3. The van der Waals surface area contributed by atoms with Crippen molar-refractivity contribution in [2.75, 3.05) is 13.1 Å². The van der Waals surface area contributed by atoms with E-state index in [0.717, 1.165) is 31.2 Å². The van der Waals surface area contributed by atoms with Crippen molar-refractivity contribution in [3.63, 3.8) is 0 Å². The SMILES string of the molecule is CCCC(=O)N(CC(=O)N1CCc2sccc2C1c1ccc(Cl)cc1)C1CC1. The van der Waals surface area contributed by atoms with Gasteiger partial charge in [0.2, 0.25) is 11.8 Å². The van der Waals surface area contributed by atoms with E-state index in [9.17, 15) is 9.59 Å². The number of carbonyl (C=O) groups excluding carboxylic acids is 2. The summed E-state index contributed by atoms with van der Waals surface area (Å²) in [5, 5.41) is 2.79. The highest BCUT2D eigenvalue weighted by Crippen LogP contribution is 2.38. The minimum atomic E-state index is -0.109. The first-order valence-corrected chi connectivity index (χ1v) is 11.2. The molecule has 1 unspecified atom stereocenters. The summed E-state index contributed by atoms with van der Waals surface area (Å²) in [5.41, 5.74) is 2.26. The topological polar surface area (TPSA) is 40.6 Å². The maximum Gasteiger partial charge on any atom is 0.243 e. The number of carbonyl (C=O) groups is 2. The number of nitrogens with zero attached hydrogens (tertiary/aromatic N) is 2. The molecule has 2 amide bonds. The second-order valence-corrected chi connectivity index (χ2v) is 9.03. The average molecular weight is 417 g/mol. The molecule has 0 bridgehead atoms. The molecule has 6 heteroatoms. The van der Waals surface area contributed by atoms with E-state index in [1.807, 2.05) is 41.0 Å². The summed E-state index contributed by atoms with van der Waals surface area (Å²) >= 11 is 7.83. The Labute approximate surface area is 175 Å². The summed E-state index contributed by atoms with van der Waals surface area (Å²) < 4.78 is 0. The summed E-state index contributed by atoms with van der Waals surface area (Å²) in [6.45, 7) is 2.87. The first kappa shape index (κ1) is 19.5. The minimum absolute atomic E-state index is 0.0353. The number of fused-ring (bicyclic) bond motifs is 1. The van der Waals surface area contributed by atoms with Crippen LogP contribution in [0.3, 0.4) is 0 Å². The molecule has 2 heterocycles. The molecule has 1 aromatic carbocycles. The molecule has 2 aliphatic rings. The largest absolute Gasteiger partial charge is 0.330 e. The van der Waals surface area contributed by atoms with Crippen LogP contribution in [0.2, 0.25) is 5.02 Å². The Morgan fingerprint density at radius 1 is 1.21 bits per heavy atom. The molecule has 0 N–H and O–H groups in total. The molecule has 1 atom stereocenters. The molecule has 1 aliphatic carbocycles. The van der Waals surface area contributed by atoms with Crippen LogP contribution in [0.1, 0.15) is 54.7 Å². The van der Waals surface area contributed by atoms with Gasteiger partial charge in [-0.05, 0) is 60.4 Å². The van der Waals surface area contributed by atoms with E-state index in [1.165, 1.54) is 10.4 Å². The van der Waals surface area contributed by atoms with Gasteiger partial charge in [0.1, 0.15) is 6.54 Å². The zero-order valence-electron chi connectivity index (χ0n) is 16.1. The summed E-state index contributed by atoms with van der Waals surface area (Å²) in [7, 11) is 0. The number of thiophene rings is 1. The molecular weight excluding hydrogens is 392 g/mol. The summed E-state index contributed by atoms with van der Waals surface area (Å²) in [4.78, 5) is 31.0. The molecular formula is C22H25ClN2O2S. The third kappa shape index (κ3) is 3.96. The number of hydrogen-bond donors (Lipinski definition) is 0. The smallest absolute Gasteiger partial charge is 0.243 e. The highest BCUT2D eigenvalue weighted by molar-refractivity contribution is 7.10. The summed E-state index contributed by atoms with van der Waals surface area (Å²) in [5.74, 6) is 0.141. The van der Waals surface area contributed by atoms with E-state index >= 15 is 0 Å². The lowest BCUT2D eigenvalue weighted by Crippen LogP contribution is -2.47. The van der Waals surface area contributed by atoms with Crippen LogP contribution in [0, 0.1) is 0 Å². The molecule has 0 saturated heterocycles. The molecule has 1 fully saturated rings. The van der Waals surface area contributed by atoms with Gasteiger partial charge in [-0.25, -0.2) is 0 Å². The predicted octanol–water partition coefficient (Wildman–Crippen LogP) is 4.67. The second kappa shape index (κ2) is 8.26. The first-order valence-electron chi connectivity index (χ1n) is 9.99. The standard InChI is InChI=1S/C22H25ClN2O2S/c1-2-3-20(26)25(17-8-9-17)14-21(27)24-12-10-19-18(11-13-28-19)22(24)15-4-6-16(23)7-5-15/h4-7,11,13,17,22H,2-3,8-10,12,14H2,1H3. The molecule has 4 rings (SSSR count). The van der Waals surface area contributed by atoms with Gasteiger partial charge in [-0.15, -0.1) is 11.3 Å². The molecule has 2 aromatic rings. The van der Waals surface area contributed by atoms with Gasteiger partial charge in [-0.3, -0.25) is 9.59 Å². The molecule has 148 valence electrons. The van der Waals surface area contributed by atoms with Gasteiger partial charge in [-0.1, -0.05) is 30.7 Å². The lowest BCUT2D eigenvalue weighted by molar-refractivity contribution is -0.142. The van der Waals surface area contributed by atoms with Gasteiger partial charge in [0.15, 0.2) is 0 Å². The highest BCUT2D eigenvalue weighted by Gasteiger charge is 2.37. The van der Waals surface area contributed by atoms with Gasteiger partial charge in [0.05, 0.1) is 6.04 Å². The fraction of sp³-hybridized carbons (Fsp3) is 0.455. The zero-order chi connectivity index (χ0) is 19.7. The van der Waals surface area contributed by atoms with Crippen LogP contribution in [0.25, 0.3) is 0 Å². The molecule has 1 saturated carbocycles. The second-order valence-electron chi connectivity index (χ2n) is 7.59. The van der Waals surface area contributed by atoms with Crippen LogP contribution in [-0.2, 0) is 16.0 Å². The van der Waals surface area contributed by atoms with E-state index < -0.39 is 0 Å². The Balaban J connectivity index is 1.60. The number of halogens is 1. The minimum Gasteiger partial charge on any atom is -0.330 e. The van der Waals surface area contributed by atoms with Crippen molar-refractivity contribution in [1.82, 2.24) is 9.80 Å². The first-order chi connectivity index (χ1) is 13.6. The van der Waals surface area contributed by atoms with Crippen LogP contribution in [0.5, 0.6) is 0 Å². The van der Waals surface area contributed by atoms with Gasteiger partial charge in [-0.2, -0.15) is 0 Å². The molecule has 0 radical (unpaired) electrons. The average Bonchev–Trinajstić information content (AvgIpc) is 3.42. The van der Waals surface area contributed by atoms with E-state index in [1.54, 1.807) is 11.3 Å². The third-order valence-corrected chi connectivity index (χ3v) is 6.80. The Morgan fingerprint density at radius 2 is 1.96 bits per heavy atom. The highest BCUT2D eigenvalue weighted by atomic mass is 35.5. The molecule has 0 spiro atoms. The van der Waals surface area contributed by atoms with Crippen molar-refractivity contribution < 1.29 is 9.59 Å². The van der Waals surface area contributed by atoms with Crippen molar-refractivity contribution >= 4 is 34.8 Å². The van der Waals surface area contributed by atoms with Crippen LogP contribution < -0.4 is 0 Å². The fourth-order valence-corrected chi connectivity index (χ4v) is 5.02. The number of hydrogen-bond acceptors (Lipinski definition) is 3. The Bertz CT molecular complexity index is 860. The van der Waals surface area contributed by atoms with Crippen LogP contribution in [0.15, 0.2) is 35.7 Å². The number of amides is 2. The van der Waals surface area contributed by atoms with E-state index in [0.29, 0.717) is 18.0 Å². The van der Waals surface area contributed by atoms with Crippen molar-refractivity contribution in [3.05, 3.63) is 56.7 Å². The van der Waals surface area contributed by atoms with Crippen molar-refractivity contribution in [2.24, 2.45) is 0 Å². The monoisotopic (exact) mass is 416 g/mol. The van der Waals surface area contributed by atoms with Crippen molar-refractivity contribution in [2.45, 2.75) is 51.1 Å². The van der Waals surface area contributed by atoms with Gasteiger partial charge < -0.3 is 9.80 Å². The Hall–Kier alpha value is -1.85. The van der Waals surface area contributed by atoms with E-state index in [-0.39, 0.29) is 30.4 Å². The predicted molar refractivity (Wildman–Crippen MR) is 113 cm³/mol. The fourth-order valence-electron chi connectivity index (χ4n) is 3.99. The lowest BCUT2D eigenvalue weighted by Gasteiger charge is -2.37. The van der Waals surface area contributed by atoms with Crippen molar-refractivity contribution in [1.29, 1.82) is 0 Å². The quantitative estimate of drug-likeness (QED) is 0.686. The van der Waals surface area contributed by atoms with Crippen molar-refractivity contribution in [3.8, 4) is 0 Å². The van der Waals surface area contributed by atoms with Crippen LogP contribution >= 0.6 is 22.9 Å². The van der Waals surface area contributed by atoms with E-state index in [4.69, 9.17) is 11.6 Å². The molecule has 4 nitrogen and oxygen atoms in total. The van der Waals surface area contributed by atoms with Crippen LogP contribution in [0.4, 0.5) is 0 Å². The zero-order valence-corrected chi connectivity index (χ0v) is 17.6. The Kier molecular flexibility index (Phi) is 5.74. The number of rotatable bonds is 6. The molecule has 1 aliphatic heterocycles. The van der Waals surface area contributed by atoms with Gasteiger partial charge in [0, 0.05) is 28.9 Å². The third-order valence-electron chi connectivity index (χ3n) is 5.55. The summed E-state index contributed by atoms with van der Waals surface area (Å²) in [6.07, 6.45) is 4.22. The summed E-state index contributed by atoms with van der Waals surface area (Å²) in [6, 6.07) is 10.0. The maximum absolute atomic E-state index is 13.3. The number of benzene rings is 1. The normalized spacial score (nSPS) is 18.6. The Morgan fingerprint density at radius 3 is 2.64 bits per heavy atom. The lowest BCUT2D eigenvalue weighted by atomic mass is 9.93.